The third-order valence-electron chi connectivity index (χ3n) is 6.42. The smallest absolute Gasteiger partial charge is 0.150 e. The zero-order chi connectivity index (χ0) is 21.6. The van der Waals surface area contributed by atoms with Crippen LogP contribution in [0, 0.1) is 51.9 Å². The van der Waals surface area contributed by atoms with Gasteiger partial charge in [0.2, 0.25) is 0 Å². The summed E-state index contributed by atoms with van der Waals surface area (Å²) < 4.78 is 3.40. The number of nitriles is 1. The Labute approximate surface area is 186 Å². The van der Waals surface area contributed by atoms with E-state index in [2.05, 4.69) is 71.3 Å². The first-order chi connectivity index (χ1) is 14.3. The highest BCUT2D eigenvalue weighted by molar-refractivity contribution is 9.10. The van der Waals surface area contributed by atoms with Gasteiger partial charge in [-0.1, -0.05) is 15.9 Å². The van der Waals surface area contributed by atoms with Gasteiger partial charge in [-0.15, -0.1) is 0 Å². The molecular weight excluding hydrogens is 438 g/mol. The standard InChI is InChI=1S/C24H28BrN5/c1-14-12-20(25)13-15(2)22(14)30-17(4)16(3)21-23(27-18(5)28-24(21)30)29-10-7-19(6-9-26)8-11-29/h12-13,19H,6-8,10-11H2,1-5H3. The number of hydrogen-bond acceptors (Lipinski definition) is 4. The van der Waals surface area contributed by atoms with Crippen LogP contribution >= 0.6 is 15.9 Å². The molecule has 5 nitrogen and oxygen atoms in total. The van der Waals surface area contributed by atoms with Crippen LogP contribution < -0.4 is 4.90 Å². The monoisotopic (exact) mass is 465 g/mol. The van der Waals surface area contributed by atoms with E-state index in [1.54, 1.807) is 0 Å². The van der Waals surface area contributed by atoms with Gasteiger partial charge >= 0.3 is 0 Å². The molecule has 2 aromatic heterocycles. The predicted molar refractivity (Wildman–Crippen MR) is 125 cm³/mol. The summed E-state index contributed by atoms with van der Waals surface area (Å²) in [6, 6.07) is 6.66. The van der Waals surface area contributed by atoms with Crippen LogP contribution in [-0.2, 0) is 0 Å². The molecule has 30 heavy (non-hydrogen) atoms. The van der Waals surface area contributed by atoms with Crippen molar-refractivity contribution in [1.29, 1.82) is 5.26 Å². The largest absolute Gasteiger partial charge is 0.356 e. The predicted octanol–water partition coefficient (Wildman–Crippen LogP) is 5.86. The van der Waals surface area contributed by atoms with Gasteiger partial charge in [-0.3, -0.25) is 4.57 Å². The number of hydrogen-bond donors (Lipinski definition) is 0. The second-order valence-electron chi connectivity index (χ2n) is 8.52. The lowest BCUT2D eigenvalue weighted by atomic mass is 9.94. The summed E-state index contributed by atoms with van der Waals surface area (Å²) in [4.78, 5) is 12.2. The van der Waals surface area contributed by atoms with Gasteiger partial charge in [-0.05, 0) is 82.2 Å². The Bertz CT molecular complexity index is 1140. The van der Waals surface area contributed by atoms with E-state index in [0.717, 1.165) is 53.1 Å². The summed E-state index contributed by atoms with van der Waals surface area (Å²) in [5.74, 6) is 2.34. The van der Waals surface area contributed by atoms with Gasteiger partial charge in [0.15, 0.2) is 5.65 Å². The lowest BCUT2D eigenvalue weighted by molar-refractivity contribution is 0.411. The number of aryl methyl sites for hydroxylation is 4. The minimum Gasteiger partial charge on any atom is -0.356 e. The lowest BCUT2D eigenvalue weighted by Gasteiger charge is -2.32. The molecule has 1 aromatic carbocycles. The van der Waals surface area contributed by atoms with Gasteiger partial charge in [0.05, 0.1) is 17.1 Å². The van der Waals surface area contributed by atoms with Crippen molar-refractivity contribution in [1.82, 2.24) is 14.5 Å². The van der Waals surface area contributed by atoms with Crippen molar-refractivity contribution in [3.63, 3.8) is 0 Å². The number of halogens is 1. The molecule has 6 heteroatoms. The van der Waals surface area contributed by atoms with E-state index in [9.17, 15) is 0 Å². The van der Waals surface area contributed by atoms with Crippen LogP contribution in [0.25, 0.3) is 16.7 Å². The fraction of sp³-hybridized carbons (Fsp3) is 0.458. The van der Waals surface area contributed by atoms with Crippen LogP contribution in [0.2, 0.25) is 0 Å². The Morgan fingerprint density at radius 3 is 2.30 bits per heavy atom. The molecule has 1 aliphatic heterocycles. The molecule has 0 spiro atoms. The van der Waals surface area contributed by atoms with Gasteiger partial charge in [0, 0.05) is 29.7 Å². The van der Waals surface area contributed by atoms with Crippen LogP contribution in [0.5, 0.6) is 0 Å². The van der Waals surface area contributed by atoms with Crippen molar-refractivity contribution in [2.45, 2.75) is 53.9 Å². The Hall–Kier alpha value is -2.39. The lowest BCUT2D eigenvalue weighted by Crippen LogP contribution is -2.34. The van der Waals surface area contributed by atoms with Crippen LogP contribution in [0.4, 0.5) is 5.82 Å². The molecule has 0 radical (unpaired) electrons. The zero-order valence-corrected chi connectivity index (χ0v) is 20.0. The van der Waals surface area contributed by atoms with E-state index in [0.29, 0.717) is 12.3 Å². The Morgan fingerprint density at radius 1 is 1.07 bits per heavy atom. The normalized spacial score (nSPS) is 15.0. The van der Waals surface area contributed by atoms with Crippen molar-refractivity contribution in [3.8, 4) is 11.8 Å². The van der Waals surface area contributed by atoms with Gasteiger partial charge in [0.1, 0.15) is 11.6 Å². The highest BCUT2D eigenvalue weighted by Gasteiger charge is 2.26. The van der Waals surface area contributed by atoms with Crippen molar-refractivity contribution >= 4 is 32.8 Å². The third kappa shape index (κ3) is 3.50. The number of fused-ring (bicyclic) bond motifs is 1. The Balaban J connectivity index is 1.89. The van der Waals surface area contributed by atoms with Crippen LogP contribution in [0.1, 0.15) is 47.5 Å². The van der Waals surface area contributed by atoms with Crippen molar-refractivity contribution in [2.24, 2.45) is 5.92 Å². The molecule has 0 N–H and O–H groups in total. The highest BCUT2D eigenvalue weighted by Crippen LogP contribution is 2.37. The molecule has 0 saturated carbocycles. The maximum absolute atomic E-state index is 9.03. The maximum atomic E-state index is 9.03. The summed E-state index contributed by atoms with van der Waals surface area (Å²) in [6.07, 6.45) is 2.74. The third-order valence-corrected chi connectivity index (χ3v) is 6.88. The molecule has 156 valence electrons. The molecule has 1 aliphatic rings. The van der Waals surface area contributed by atoms with Crippen molar-refractivity contribution in [2.75, 3.05) is 18.0 Å². The quantitative estimate of drug-likeness (QED) is 0.486. The average Bonchev–Trinajstić information content (AvgIpc) is 2.92. The van der Waals surface area contributed by atoms with Gasteiger partial charge in [-0.25, -0.2) is 9.97 Å². The van der Waals surface area contributed by atoms with Crippen molar-refractivity contribution in [3.05, 3.63) is 44.8 Å². The molecule has 0 atom stereocenters. The average molecular weight is 466 g/mol. The summed E-state index contributed by atoms with van der Waals surface area (Å²) in [5, 5.41) is 10.2. The molecule has 1 saturated heterocycles. The van der Waals surface area contributed by atoms with Gasteiger partial charge < -0.3 is 4.90 Å². The summed E-state index contributed by atoms with van der Waals surface area (Å²) in [5.41, 5.74) is 7.07. The molecule has 0 amide bonds. The second kappa shape index (κ2) is 8.03. The summed E-state index contributed by atoms with van der Waals surface area (Å²) >= 11 is 3.62. The first-order valence-electron chi connectivity index (χ1n) is 10.6. The number of nitrogens with zero attached hydrogens (tertiary/aromatic N) is 5. The Kier molecular flexibility index (Phi) is 5.59. The van der Waals surface area contributed by atoms with Gasteiger partial charge in [0.25, 0.3) is 0 Å². The number of rotatable bonds is 3. The highest BCUT2D eigenvalue weighted by atomic mass is 79.9. The van der Waals surface area contributed by atoms with E-state index in [-0.39, 0.29) is 0 Å². The molecule has 0 bridgehead atoms. The van der Waals surface area contributed by atoms with E-state index in [1.807, 2.05) is 6.92 Å². The van der Waals surface area contributed by atoms with E-state index >= 15 is 0 Å². The molecule has 3 aromatic rings. The van der Waals surface area contributed by atoms with Crippen molar-refractivity contribution < 1.29 is 0 Å². The van der Waals surface area contributed by atoms with Crippen LogP contribution in [0.3, 0.4) is 0 Å². The SMILES string of the molecule is Cc1nc(N2CCC(CC#N)CC2)c2c(C)c(C)n(-c3c(C)cc(Br)cc3C)c2n1. The van der Waals surface area contributed by atoms with Gasteiger partial charge in [-0.2, -0.15) is 5.26 Å². The zero-order valence-electron chi connectivity index (χ0n) is 18.4. The fourth-order valence-corrected chi connectivity index (χ4v) is 5.47. The first-order valence-corrected chi connectivity index (χ1v) is 11.4. The molecule has 0 aliphatic carbocycles. The topological polar surface area (TPSA) is 57.7 Å². The van der Waals surface area contributed by atoms with E-state index in [4.69, 9.17) is 15.2 Å². The van der Waals surface area contributed by atoms with Crippen LogP contribution in [-0.4, -0.2) is 27.6 Å². The minimum atomic E-state index is 0.505. The molecule has 3 heterocycles. The molecule has 1 fully saturated rings. The molecular formula is C24H28BrN5. The second-order valence-corrected chi connectivity index (χ2v) is 9.44. The molecule has 0 unspecified atom stereocenters. The molecule has 4 rings (SSSR count). The minimum absolute atomic E-state index is 0.505. The summed E-state index contributed by atoms with van der Waals surface area (Å²) in [6.45, 7) is 12.5. The van der Waals surface area contributed by atoms with Crippen LogP contribution in [0.15, 0.2) is 16.6 Å². The Morgan fingerprint density at radius 2 is 1.70 bits per heavy atom. The summed E-state index contributed by atoms with van der Waals surface area (Å²) in [7, 11) is 0. The number of aromatic nitrogens is 3. The number of piperidine rings is 1. The fourth-order valence-electron chi connectivity index (χ4n) is 4.78. The van der Waals surface area contributed by atoms with E-state index in [1.165, 1.54) is 28.1 Å². The maximum Gasteiger partial charge on any atom is 0.150 e. The first kappa shape index (κ1) is 20.9. The number of anilines is 1. The number of benzene rings is 1. The van der Waals surface area contributed by atoms with E-state index < -0.39 is 0 Å².